The van der Waals surface area contributed by atoms with Crippen molar-refractivity contribution in [1.29, 1.82) is 0 Å². The van der Waals surface area contributed by atoms with Gasteiger partial charge in [-0.25, -0.2) is 9.98 Å². The summed E-state index contributed by atoms with van der Waals surface area (Å²) in [5.41, 5.74) is 9.42. The van der Waals surface area contributed by atoms with E-state index in [0.717, 1.165) is 73.4 Å². The van der Waals surface area contributed by atoms with Crippen molar-refractivity contribution in [1.82, 2.24) is 0 Å². The lowest BCUT2D eigenvalue weighted by Gasteiger charge is -2.26. The second kappa shape index (κ2) is 10.2. The molecule has 0 aliphatic carbocycles. The van der Waals surface area contributed by atoms with Gasteiger partial charge in [0.25, 0.3) is 0 Å². The van der Waals surface area contributed by atoms with Gasteiger partial charge >= 0.3 is 0 Å². The molecule has 2 aliphatic heterocycles. The fraction of sp³-hybridized carbons (Fsp3) is 0. The van der Waals surface area contributed by atoms with Crippen LogP contribution in [-0.2, 0) is 0 Å². The van der Waals surface area contributed by atoms with Crippen LogP contribution in [0.5, 0.6) is 0 Å². The number of hydrogen-bond donors (Lipinski definition) is 2. The van der Waals surface area contributed by atoms with Gasteiger partial charge in [0.1, 0.15) is 11.7 Å². The lowest BCUT2D eigenvalue weighted by Crippen LogP contribution is -2.17. The first kappa shape index (κ1) is 25.3. The number of anilines is 5. The van der Waals surface area contributed by atoms with Gasteiger partial charge in [-0.2, -0.15) is 0 Å². The predicted octanol–water partition coefficient (Wildman–Crippen LogP) is 10.5. The molecule has 0 unspecified atom stereocenters. The average molecular weight is 578 g/mol. The zero-order valence-corrected chi connectivity index (χ0v) is 24.3. The van der Waals surface area contributed by atoms with Crippen LogP contribution in [0.3, 0.4) is 0 Å². The molecule has 0 spiro atoms. The number of para-hydroxylation sites is 1. The molecule has 45 heavy (non-hydrogen) atoms. The lowest BCUT2D eigenvalue weighted by molar-refractivity contribution is 1.28. The van der Waals surface area contributed by atoms with E-state index in [1.165, 1.54) is 10.8 Å². The van der Waals surface area contributed by atoms with E-state index in [4.69, 9.17) is 9.98 Å². The van der Waals surface area contributed by atoms with Crippen molar-refractivity contribution in [3.8, 4) is 0 Å². The highest BCUT2D eigenvalue weighted by Crippen LogP contribution is 2.39. The normalized spacial score (nSPS) is 13.1. The quantitative estimate of drug-likeness (QED) is 0.214. The highest BCUT2D eigenvalue weighted by molar-refractivity contribution is 6.20. The molecule has 0 fully saturated rings. The van der Waals surface area contributed by atoms with Gasteiger partial charge in [-0.1, -0.05) is 66.7 Å². The number of aliphatic imine (C=N–C) groups is 2. The standard InChI is InChI=1S/C40H27N5/c1-2-12-30(13-3-1)45(31-22-18-28(19-23-31)39-41-33-14-4-8-26-9-5-15-34(42-39)37(26)33)32-24-20-29(21-25-32)40-43-35-16-6-10-27-11-7-17-36(44-40)38(27)35/h1-25H,(H,41,42)(H,43,44). The van der Waals surface area contributed by atoms with Gasteiger partial charge in [0, 0.05) is 50.3 Å². The van der Waals surface area contributed by atoms with Crippen LogP contribution in [0.4, 0.5) is 39.8 Å². The van der Waals surface area contributed by atoms with Gasteiger partial charge in [-0.3, -0.25) is 0 Å². The number of hydrogen-bond acceptors (Lipinski definition) is 5. The Morgan fingerprint density at radius 2 is 0.800 bits per heavy atom. The van der Waals surface area contributed by atoms with Crippen LogP contribution in [0.2, 0.25) is 0 Å². The Morgan fingerprint density at radius 1 is 0.378 bits per heavy atom. The van der Waals surface area contributed by atoms with Crippen LogP contribution < -0.4 is 15.5 Å². The van der Waals surface area contributed by atoms with E-state index < -0.39 is 0 Å². The van der Waals surface area contributed by atoms with Crippen LogP contribution in [0.1, 0.15) is 11.1 Å². The molecule has 7 aromatic carbocycles. The third kappa shape index (κ3) is 4.33. The maximum Gasteiger partial charge on any atom is 0.138 e. The maximum atomic E-state index is 4.98. The second-order valence-corrected chi connectivity index (χ2v) is 11.3. The first-order valence-electron chi connectivity index (χ1n) is 15.1. The summed E-state index contributed by atoms with van der Waals surface area (Å²) in [5, 5.41) is 11.8. The van der Waals surface area contributed by atoms with Crippen molar-refractivity contribution in [2.24, 2.45) is 9.98 Å². The molecule has 0 aromatic heterocycles. The molecule has 0 saturated heterocycles. The van der Waals surface area contributed by atoms with Crippen molar-refractivity contribution >= 4 is 73.0 Å². The zero-order chi connectivity index (χ0) is 29.7. The molecule has 5 nitrogen and oxygen atoms in total. The Kier molecular flexibility index (Phi) is 5.74. The summed E-state index contributed by atoms with van der Waals surface area (Å²) in [6.45, 7) is 0. The zero-order valence-electron chi connectivity index (χ0n) is 24.3. The third-order valence-corrected chi connectivity index (χ3v) is 8.55. The molecule has 0 radical (unpaired) electrons. The number of rotatable bonds is 5. The van der Waals surface area contributed by atoms with E-state index in [-0.39, 0.29) is 0 Å². The molecule has 0 atom stereocenters. The minimum Gasteiger partial charge on any atom is -0.339 e. The Balaban J connectivity index is 1.05. The predicted molar refractivity (Wildman–Crippen MR) is 189 cm³/mol. The molecule has 2 N–H and O–H groups in total. The summed E-state index contributed by atoms with van der Waals surface area (Å²) in [5.74, 6) is 1.70. The first-order chi connectivity index (χ1) is 22.3. The second-order valence-electron chi connectivity index (χ2n) is 11.3. The molecule has 0 amide bonds. The van der Waals surface area contributed by atoms with E-state index in [2.05, 4.69) is 161 Å². The van der Waals surface area contributed by atoms with Gasteiger partial charge < -0.3 is 15.5 Å². The molecule has 0 saturated carbocycles. The van der Waals surface area contributed by atoms with E-state index in [0.29, 0.717) is 0 Å². The summed E-state index contributed by atoms with van der Waals surface area (Å²) < 4.78 is 0. The van der Waals surface area contributed by atoms with Crippen LogP contribution >= 0.6 is 0 Å². The molecule has 2 heterocycles. The summed E-state index contributed by atoms with van der Waals surface area (Å²) in [7, 11) is 0. The molecule has 9 rings (SSSR count). The summed E-state index contributed by atoms with van der Waals surface area (Å²) >= 11 is 0. The molecular formula is C40H27N5. The Labute approximate surface area is 260 Å². The monoisotopic (exact) mass is 577 g/mol. The van der Waals surface area contributed by atoms with Crippen LogP contribution in [0.25, 0.3) is 21.5 Å². The Bertz CT molecular complexity index is 2150. The smallest absolute Gasteiger partial charge is 0.138 e. The molecular weight excluding hydrogens is 550 g/mol. The van der Waals surface area contributed by atoms with Gasteiger partial charge in [0.15, 0.2) is 0 Å². The highest BCUT2D eigenvalue weighted by Gasteiger charge is 2.19. The minimum atomic E-state index is 0.849. The topological polar surface area (TPSA) is 52.0 Å². The Hall–Kier alpha value is -6.20. The van der Waals surface area contributed by atoms with Crippen molar-refractivity contribution in [2.75, 3.05) is 15.5 Å². The van der Waals surface area contributed by atoms with Gasteiger partial charge in [-0.05, 0) is 95.7 Å². The maximum absolute atomic E-state index is 4.98. The number of amidine groups is 2. The molecule has 2 aliphatic rings. The number of nitrogens with one attached hydrogen (secondary N) is 2. The minimum absolute atomic E-state index is 0.849. The lowest BCUT2D eigenvalue weighted by atomic mass is 10.0. The molecule has 0 bridgehead atoms. The van der Waals surface area contributed by atoms with Gasteiger partial charge in [0.2, 0.25) is 0 Å². The van der Waals surface area contributed by atoms with Gasteiger partial charge in [0.05, 0.1) is 11.4 Å². The average Bonchev–Trinajstić information content (AvgIpc) is 3.10. The molecule has 212 valence electrons. The molecule has 5 heteroatoms. The van der Waals surface area contributed by atoms with Crippen LogP contribution in [0, 0.1) is 0 Å². The van der Waals surface area contributed by atoms with E-state index in [1.54, 1.807) is 0 Å². The molecule has 7 aromatic rings. The fourth-order valence-electron chi connectivity index (χ4n) is 6.42. The van der Waals surface area contributed by atoms with Crippen molar-refractivity contribution in [2.45, 2.75) is 0 Å². The largest absolute Gasteiger partial charge is 0.339 e. The van der Waals surface area contributed by atoms with Crippen LogP contribution in [-0.4, -0.2) is 11.7 Å². The van der Waals surface area contributed by atoms with Crippen LogP contribution in [0.15, 0.2) is 162 Å². The van der Waals surface area contributed by atoms with Gasteiger partial charge in [-0.15, -0.1) is 0 Å². The van der Waals surface area contributed by atoms with Crippen molar-refractivity contribution < 1.29 is 0 Å². The van der Waals surface area contributed by atoms with E-state index in [9.17, 15) is 0 Å². The third-order valence-electron chi connectivity index (χ3n) is 8.55. The summed E-state index contributed by atoms with van der Waals surface area (Å²) in [6.07, 6.45) is 0. The number of benzene rings is 7. The highest BCUT2D eigenvalue weighted by atomic mass is 15.1. The van der Waals surface area contributed by atoms with E-state index >= 15 is 0 Å². The van der Waals surface area contributed by atoms with Crippen molar-refractivity contribution in [3.63, 3.8) is 0 Å². The summed E-state index contributed by atoms with van der Waals surface area (Å²) in [4.78, 5) is 12.2. The summed E-state index contributed by atoms with van der Waals surface area (Å²) in [6, 6.07) is 52.8. The fourth-order valence-corrected chi connectivity index (χ4v) is 6.42. The SMILES string of the molecule is c1ccc(N(c2ccc(C3=Nc4cccc5cccc(c45)N3)cc2)c2ccc(C3=Nc4cccc5cccc(c45)N3)cc2)cc1. The Morgan fingerprint density at radius 3 is 1.27 bits per heavy atom. The van der Waals surface area contributed by atoms with Crippen molar-refractivity contribution in [3.05, 3.63) is 163 Å². The number of nitrogens with zero attached hydrogens (tertiary/aromatic N) is 3. The first-order valence-corrected chi connectivity index (χ1v) is 15.1. The van der Waals surface area contributed by atoms with E-state index in [1.807, 2.05) is 6.07 Å².